The molecule has 0 aliphatic rings. The monoisotopic (exact) mass is 487 g/mol. The van der Waals surface area contributed by atoms with E-state index in [4.69, 9.17) is 4.74 Å². The van der Waals surface area contributed by atoms with Crippen molar-refractivity contribution in [3.05, 3.63) is 107 Å². The molecule has 1 unspecified atom stereocenters. The van der Waals surface area contributed by atoms with Crippen LogP contribution in [0.15, 0.2) is 66.1 Å². The molecule has 0 N–H and O–H groups in total. The molecule has 176 valence electrons. The first-order valence-electron chi connectivity index (χ1n) is 10.5. The fourth-order valence-corrected chi connectivity index (χ4v) is 4.62. The number of hydrogen-bond acceptors (Lipinski definition) is 4. The summed E-state index contributed by atoms with van der Waals surface area (Å²) in [4.78, 5) is 8.58. The third-order valence-electron chi connectivity index (χ3n) is 5.27. The first-order chi connectivity index (χ1) is 16.3. The lowest BCUT2D eigenvalue weighted by molar-refractivity contribution is 0.0479. The van der Waals surface area contributed by atoms with Crippen LogP contribution in [0.1, 0.15) is 35.5 Å². The van der Waals surface area contributed by atoms with Crippen LogP contribution in [0.4, 0.5) is 17.6 Å². The Morgan fingerprint density at radius 3 is 2.32 bits per heavy atom. The number of pyridine rings is 1. The van der Waals surface area contributed by atoms with Gasteiger partial charge in [-0.05, 0) is 67.9 Å². The Morgan fingerprint density at radius 1 is 0.941 bits per heavy atom. The van der Waals surface area contributed by atoms with Crippen molar-refractivity contribution in [2.24, 2.45) is 0 Å². The predicted octanol–water partition coefficient (Wildman–Crippen LogP) is 6.70. The van der Waals surface area contributed by atoms with Gasteiger partial charge in [-0.3, -0.25) is 9.55 Å². The average Bonchev–Trinajstić information content (AvgIpc) is 3.17. The molecule has 9 heteroatoms. The topological polar surface area (TPSA) is 39.9 Å². The van der Waals surface area contributed by atoms with Crippen molar-refractivity contribution >= 4 is 11.8 Å². The van der Waals surface area contributed by atoms with Gasteiger partial charge in [0, 0.05) is 29.4 Å². The standard InChI is InChI=1S/C25H21F4N3OS/c1-15-24(16(2)33-13-17-9-11-30-12-10-17)32(19-5-3-18(26)4-6-19)25(31-15)34-14-20-21(27)7-8-22(28)23(20)29/h3-12,16H,13-14H2,1-2H3. The van der Waals surface area contributed by atoms with Crippen LogP contribution in [0.5, 0.6) is 0 Å². The number of rotatable bonds is 8. The van der Waals surface area contributed by atoms with E-state index in [0.29, 0.717) is 28.8 Å². The van der Waals surface area contributed by atoms with Crippen molar-refractivity contribution in [3.8, 4) is 5.69 Å². The highest BCUT2D eigenvalue weighted by atomic mass is 32.2. The fraction of sp³-hybridized carbons (Fsp3) is 0.200. The summed E-state index contributed by atoms with van der Waals surface area (Å²) in [6.45, 7) is 4.00. The summed E-state index contributed by atoms with van der Waals surface area (Å²) >= 11 is 1.05. The van der Waals surface area contributed by atoms with Gasteiger partial charge >= 0.3 is 0 Å². The maximum absolute atomic E-state index is 14.2. The van der Waals surface area contributed by atoms with Gasteiger partial charge in [0.25, 0.3) is 0 Å². The van der Waals surface area contributed by atoms with E-state index in [2.05, 4.69) is 9.97 Å². The Balaban J connectivity index is 1.68. The van der Waals surface area contributed by atoms with Crippen LogP contribution in [0.25, 0.3) is 5.69 Å². The van der Waals surface area contributed by atoms with Crippen molar-refractivity contribution < 1.29 is 22.3 Å². The lowest BCUT2D eigenvalue weighted by atomic mass is 10.2. The fourth-order valence-electron chi connectivity index (χ4n) is 3.55. The molecule has 34 heavy (non-hydrogen) atoms. The minimum absolute atomic E-state index is 0.182. The largest absolute Gasteiger partial charge is 0.368 e. The molecule has 4 rings (SSSR count). The molecule has 4 nitrogen and oxygen atoms in total. The molecular formula is C25H21F4N3OS. The normalized spacial score (nSPS) is 12.2. The number of hydrogen-bond donors (Lipinski definition) is 0. The zero-order valence-corrected chi connectivity index (χ0v) is 19.3. The van der Waals surface area contributed by atoms with Crippen molar-refractivity contribution in [2.45, 2.75) is 37.5 Å². The second-order valence-electron chi connectivity index (χ2n) is 7.60. The molecule has 2 heterocycles. The summed E-state index contributed by atoms with van der Waals surface area (Å²) in [7, 11) is 0. The van der Waals surface area contributed by atoms with Gasteiger partial charge < -0.3 is 4.74 Å². The predicted molar refractivity (Wildman–Crippen MR) is 122 cm³/mol. The van der Waals surface area contributed by atoms with Crippen LogP contribution in [0, 0.1) is 30.2 Å². The summed E-state index contributed by atoms with van der Waals surface area (Å²) in [5.41, 5.74) is 2.54. The van der Waals surface area contributed by atoms with Gasteiger partial charge in [0.1, 0.15) is 11.6 Å². The van der Waals surface area contributed by atoms with Gasteiger partial charge in [-0.2, -0.15) is 0 Å². The summed E-state index contributed by atoms with van der Waals surface area (Å²) in [5.74, 6) is -3.76. The van der Waals surface area contributed by atoms with Crippen LogP contribution >= 0.6 is 11.8 Å². The number of ether oxygens (including phenoxy) is 1. The van der Waals surface area contributed by atoms with Crippen LogP contribution in [-0.2, 0) is 17.1 Å². The average molecular weight is 488 g/mol. The number of imidazole rings is 1. The highest BCUT2D eigenvalue weighted by molar-refractivity contribution is 7.98. The van der Waals surface area contributed by atoms with Gasteiger partial charge in [0.05, 0.1) is 24.1 Å². The van der Waals surface area contributed by atoms with Crippen molar-refractivity contribution in [1.82, 2.24) is 14.5 Å². The number of thioether (sulfide) groups is 1. The minimum Gasteiger partial charge on any atom is -0.368 e. The molecule has 0 fully saturated rings. The zero-order chi connectivity index (χ0) is 24.2. The third-order valence-corrected chi connectivity index (χ3v) is 6.24. The Labute approximate surface area is 198 Å². The summed E-state index contributed by atoms with van der Waals surface area (Å²) < 4.78 is 63.4. The van der Waals surface area contributed by atoms with Crippen LogP contribution in [0.3, 0.4) is 0 Å². The SMILES string of the molecule is Cc1nc(SCc2c(F)ccc(F)c2F)n(-c2ccc(F)cc2)c1C(C)OCc1ccncc1. The van der Waals surface area contributed by atoms with Crippen LogP contribution < -0.4 is 0 Å². The Hall–Kier alpha value is -3.17. The molecule has 0 aliphatic carbocycles. The molecule has 2 aromatic carbocycles. The van der Waals surface area contributed by atoms with E-state index >= 15 is 0 Å². The van der Waals surface area contributed by atoms with Gasteiger partial charge in [0.15, 0.2) is 16.8 Å². The molecule has 2 aromatic heterocycles. The number of nitrogens with zero attached hydrogens (tertiary/aromatic N) is 3. The first-order valence-corrected chi connectivity index (χ1v) is 11.4. The lowest BCUT2D eigenvalue weighted by Crippen LogP contribution is -2.10. The number of benzene rings is 2. The van der Waals surface area contributed by atoms with Gasteiger partial charge in [-0.1, -0.05) is 11.8 Å². The van der Waals surface area contributed by atoms with Crippen molar-refractivity contribution in [3.63, 3.8) is 0 Å². The van der Waals surface area contributed by atoms with Crippen LogP contribution in [0.2, 0.25) is 0 Å². The molecule has 0 aliphatic heterocycles. The minimum atomic E-state index is -1.22. The molecule has 4 aromatic rings. The third kappa shape index (κ3) is 5.15. The second kappa shape index (κ2) is 10.4. The van der Waals surface area contributed by atoms with E-state index < -0.39 is 29.4 Å². The Kier molecular flexibility index (Phi) is 7.33. The van der Waals surface area contributed by atoms with E-state index in [1.807, 2.05) is 19.1 Å². The highest BCUT2D eigenvalue weighted by Crippen LogP contribution is 2.34. The Morgan fingerprint density at radius 2 is 1.62 bits per heavy atom. The summed E-state index contributed by atoms with van der Waals surface area (Å²) in [6.07, 6.45) is 2.94. The molecular weight excluding hydrogens is 466 g/mol. The summed E-state index contributed by atoms with van der Waals surface area (Å²) in [6, 6.07) is 11.1. The van der Waals surface area contributed by atoms with Gasteiger partial charge in [0.2, 0.25) is 0 Å². The van der Waals surface area contributed by atoms with Crippen molar-refractivity contribution in [1.29, 1.82) is 0 Å². The molecule has 0 radical (unpaired) electrons. The zero-order valence-electron chi connectivity index (χ0n) is 18.4. The highest BCUT2D eigenvalue weighted by Gasteiger charge is 2.23. The molecule has 0 amide bonds. The molecule has 0 saturated heterocycles. The quantitative estimate of drug-likeness (QED) is 0.158. The number of aryl methyl sites for hydroxylation is 1. The van der Waals surface area contributed by atoms with Gasteiger partial charge in [-0.15, -0.1) is 0 Å². The smallest absolute Gasteiger partial charge is 0.173 e. The number of aromatic nitrogens is 3. The van der Waals surface area contributed by atoms with E-state index in [1.54, 1.807) is 36.0 Å². The molecule has 0 bridgehead atoms. The molecule has 0 spiro atoms. The maximum atomic E-state index is 14.2. The lowest BCUT2D eigenvalue weighted by Gasteiger charge is -2.18. The van der Waals surface area contributed by atoms with Gasteiger partial charge in [-0.25, -0.2) is 22.5 Å². The first kappa shape index (κ1) is 24.0. The summed E-state index contributed by atoms with van der Waals surface area (Å²) in [5, 5.41) is 0.418. The van der Waals surface area contributed by atoms with Crippen LogP contribution in [-0.4, -0.2) is 14.5 Å². The van der Waals surface area contributed by atoms with E-state index in [9.17, 15) is 17.6 Å². The van der Waals surface area contributed by atoms with E-state index in [-0.39, 0.29) is 11.3 Å². The maximum Gasteiger partial charge on any atom is 0.173 e. The van der Waals surface area contributed by atoms with E-state index in [1.165, 1.54) is 12.1 Å². The molecule has 1 atom stereocenters. The number of halogens is 4. The Bertz CT molecular complexity index is 1280. The van der Waals surface area contributed by atoms with E-state index in [0.717, 1.165) is 29.5 Å². The second-order valence-corrected chi connectivity index (χ2v) is 8.54. The van der Waals surface area contributed by atoms with Crippen molar-refractivity contribution in [2.75, 3.05) is 0 Å². The molecule has 0 saturated carbocycles.